The van der Waals surface area contributed by atoms with Crippen molar-refractivity contribution < 1.29 is 14.7 Å². The third kappa shape index (κ3) is 3.49. The molecule has 6 atom stereocenters. The van der Waals surface area contributed by atoms with Crippen LogP contribution in [0.1, 0.15) is 60.8 Å². The Kier molecular flexibility index (Phi) is 6.12. The number of nitrogens with zero attached hydrogens (tertiary/aromatic N) is 1. The fourth-order valence-corrected chi connectivity index (χ4v) is 6.29. The molecular weight excluding hydrogens is 362 g/mol. The molecular formula is C25H37NO3. The molecule has 1 amide bonds. The maximum Gasteiger partial charge on any atom is 0.261 e. The molecule has 1 saturated heterocycles. The lowest BCUT2D eigenvalue weighted by molar-refractivity contribution is -0.126. The maximum atomic E-state index is 13.2. The Morgan fingerprint density at radius 1 is 1.28 bits per heavy atom. The van der Waals surface area contributed by atoms with E-state index in [1.54, 1.807) is 7.05 Å². The molecule has 1 aliphatic heterocycles. The van der Waals surface area contributed by atoms with Gasteiger partial charge < -0.3 is 10.0 Å². The topological polar surface area (TPSA) is 57.6 Å². The van der Waals surface area contributed by atoms with E-state index in [1.165, 1.54) is 22.5 Å². The number of hydrogen-bond acceptors (Lipinski definition) is 3. The fourth-order valence-electron chi connectivity index (χ4n) is 6.29. The number of aliphatic hydroxyl groups is 1. The number of rotatable bonds is 3. The molecule has 2 fully saturated rings. The van der Waals surface area contributed by atoms with Crippen LogP contribution < -0.4 is 0 Å². The van der Waals surface area contributed by atoms with Crippen molar-refractivity contribution in [3.8, 4) is 0 Å². The first-order valence-corrected chi connectivity index (χ1v) is 11.2. The second-order valence-corrected chi connectivity index (χ2v) is 9.83. The van der Waals surface area contributed by atoms with E-state index in [0.717, 1.165) is 12.8 Å². The summed E-state index contributed by atoms with van der Waals surface area (Å²) in [5.74, 6) is 0.452. The van der Waals surface area contributed by atoms with Crippen molar-refractivity contribution >= 4 is 11.7 Å². The van der Waals surface area contributed by atoms with Crippen LogP contribution in [0, 0.1) is 35.5 Å². The van der Waals surface area contributed by atoms with Crippen LogP contribution in [0.5, 0.6) is 0 Å². The zero-order valence-corrected chi connectivity index (χ0v) is 19.0. The van der Waals surface area contributed by atoms with E-state index < -0.39 is 6.04 Å². The van der Waals surface area contributed by atoms with Gasteiger partial charge in [-0.2, -0.15) is 0 Å². The number of Topliss-reactive ketones (excluding diaryl/α,β-unsaturated/α-hetero) is 1. The smallest absolute Gasteiger partial charge is 0.261 e. The average Bonchev–Trinajstić information content (AvgIpc) is 2.88. The number of carbonyl (C=O) groups excluding carboxylic acids is 2. The summed E-state index contributed by atoms with van der Waals surface area (Å²) in [6.45, 7) is 12.4. The minimum Gasteiger partial charge on any atom is -0.511 e. The number of fused-ring (bicyclic) bond motifs is 1. The molecule has 1 N–H and O–H groups in total. The van der Waals surface area contributed by atoms with Gasteiger partial charge in [0, 0.05) is 18.9 Å². The number of likely N-dealkylation sites (N-methyl/N-ethyl adjacent to an activating group) is 1. The number of carbonyl (C=O) groups is 2. The highest BCUT2D eigenvalue weighted by Crippen LogP contribution is 2.52. The van der Waals surface area contributed by atoms with Gasteiger partial charge >= 0.3 is 0 Å². The quantitative estimate of drug-likeness (QED) is 0.312. The first kappa shape index (κ1) is 21.9. The van der Waals surface area contributed by atoms with E-state index in [9.17, 15) is 14.7 Å². The number of ketones is 1. The van der Waals surface area contributed by atoms with Crippen molar-refractivity contribution in [1.82, 2.24) is 4.90 Å². The highest BCUT2D eigenvalue weighted by Gasteiger charge is 2.50. The maximum absolute atomic E-state index is 13.2. The lowest BCUT2D eigenvalue weighted by atomic mass is 9.57. The third-order valence-corrected chi connectivity index (χ3v) is 7.71. The Hall–Kier alpha value is -1.84. The largest absolute Gasteiger partial charge is 0.511 e. The number of likely N-dealkylation sites (tertiary alicyclic amines) is 1. The molecule has 2 aliphatic carbocycles. The van der Waals surface area contributed by atoms with Gasteiger partial charge in [-0.3, -0.25) is 9.59 Å². The van der Waals surface area contributed by atoms with Gasteiger partial charge in [-0.25, -0.2) is 0 Å². The van der Waals surface area contributed by atoms with Crippen molar-refractivity contribution in [3.05, 3.63) is 34.6 Å². The van der Waals surface area contributed by atoms with Gasteiger partial charge in [-0.1, -0.05) is 56.9 Å². The van der Waals surface area contributed by atoms with E-state index >= 15 is 0 Å². The molecule has 0 aromatic heterocycles. The van der Waals surface area contributed by atoms with E-state index in [0.29, 0.717) is 11.8 Å². The van der Waals surface area contributed by atoms with E-state index in [4.69, 9.17) is 0 Å². The lowest BCUT2D eigenvalue weighted by Gasteiger charge is -2.47. The zero-order valence-electron chi connectivity index (χ0n) is 19.0. The molecule has 0 bridgehead atoms. The average molecular weight is 400 g/mol. The molecule has 0 radical (unpaired) electrons. The minimum atomic E-state index is -0.485. The number of amides is 1. The molecule has 1 saturated carbocycles. The van der Waals surface area contributed by atoms with Gasteiger partial charge in [0.1, 0.15) is 11.3 Å². The number of aliphatic hydroxyl groups excluding tert-OH is 1. The zero-order chi connectivity index (χ0) is 21.6. The highest BCUT2D eigenvalue weighted by atomic mass is 16.3. The van der Waals surface area contributed by atoms with E-state index in [1.807, 2.05) is 20.8 Å². The highest BCUT2D eigenvalue weighted by molar-refractivity contribution is 6.26. The molecule has 3 aliphatic rings. The monoisotopic (exact) mass is 399 g/mol. The molecule has 4 nitrogen and oxygen atoms in total. The minimum absolute atomic E-state index is 0.0177. The van der Waals surface area contributed by atoms with Crippen LogP contribution in [0.3, 0.4) is 0 Å². The fraction of sp³-hybridized carbons (Fsp3) is 0.680. The summed E-state index contributed by atoms with van der Waals surface area (Å²) in [5.41, 5.74) is 2.48. The summed E-state index contributed by atoms with van der Waals surface area (Å²) < 4.78 is 0. The van der Waals surface area contributed by atoms with Crippen molar-refractivity contribution in [3.63, 3.8) is 0 Å². The molecule has 160 valence electrons. The van der Waals surface area contributed by atoms with Crippen LogP contribution in [-0.4, -0.2) is 34.8 Å². The molecule has 0 aromatic carbocycles. The van der Waals surface area contributed by atoms with Gasteiger partial charge in [0.2, 0.25) is 0 Å². The van der Waals surface area contributed by atoms with E-state index in [-0.39, 0.29) is 46.7 Å². The van der Waals surface area contributed by atoms with Gasteiger partial charge in [-0.15, -0.1) is 0 Å². The molecule has 1 heterocycles. The molecule has 6 unspecified atom stereocenters. The second-order valence-electron chi connectivity index (χ2n) is 9.83. The summed E-state index contributed by atoms with van der Waals surface area (Å²) in [5, 5.41) is 11.6. The second kappa shape index (κ2) is 8.12. The summed E-state index contributed by atoms with van der Waals surface area (Å²) in [6.07, 6.45) is 7.93. The molecule has 0 aromatic rings. The van der Waals surface area contributed by atoms with Crippen LogP contribution in [0.2, 0.25) is 0 Å². The SMILES string of the molecule is C/C=C(\C)C1C(C)=CC2CCCC(C)C2C1C(O)=C1C(=O)C(C(C)C)N(C)C1=O. The van der Waals surface area contributed by atoms with Crippen LogP contribution in [0.4, 0.5) is 0 Å². The van der Waals surface area contributed by atoms with Crippen LogP contribution >= 0.6 is 0 Å². The van der Waals surface area contributed by atoms with Crippen molar-refractivity contribution in [1.29, 1.82) is 0 Å². The summed E-state index contributed by atoms with van der Waals surface area (Å²) in [4.78, 5) is 27.8. The predicted octanol–water partition coefficient (Wildman–Crippen LogP) is 5.08. The van der Waals surface area contributed by atoms with E-state index in [2.05, 4.69) is 32.9 Å². The first-order valence-electron chi connectivity index (χ1n) is 11.2. The summed E-state index contributed by atoms with van der Waals surface area (Å²) in [6, 6.07) is -0.485. The molecule has 29 heavy (non-hydrogen) atoms. The van der Waals surface area contributed by atoms with Gasteiger partial charge in [0.25, 0.3) is 5.91 Å². The third-order valence-electron chi connectivity index (χ3n) is 7.71. The van der Waals surface area contributed by atoms with Crippen LogP contribution in [0.25, 0.3) is 0 Å². The summed E-state index contributed by atoms with van der Waals surface area (Å²) >= 11 is 0. The summed E-state index contributed by atoms with van der Waals surface area (Å²) in [7, 11) is 1.68. The normalized spacial score (nSPS) is 37.7. The number of hydrogen-bond donors (Lipinski definition) is 1. The van der Waals surface area contributed by atoms with Crippen LogP contribution in [-0.2, 0) is 9.59 Å². The van der Waals surface area contributed by atoms with Crippen molar-refractivity contribution in [2.24, 2.45) is 35.5 Å². The van der Waals surface area contributed by atoms with Crippen LogP contribution in [0.15, 0.2) is 34.6 Å². The van der Waals surface area contributed by atoms with Gasteiger partial charge in [0.15, 0.2) is 5.78 Å². The van der Waals surface area contributed by atoms with Gasteiger partial charge in [0.05, 0.1) is 6.04 Å². The molecule has 0 spiro atoms. The standard InChI is InChI=1S/C25H37NO3/c1-8-14(4)18-16(6)12-17-11-9-10-15(5)19(17)20(18)23(27)21-24(28)22(13(2)3)26(7)25(21)29/h8,12-13,15,17-20,22,27H,9-11H2,1-7H3/b14-8+,23-21?. The van der Waals surface area contributed by atoms with Crippen molar-refractivity contribution in [2.75, 3.05) is 7.05 Å². The predicted molar refractivity (Wildman–Crippen MR) is 116 cm³/mol. The number of allylic oxidation sites excluding steroid dienone is 5. The Morgan fingerprint density at radius 3 is 2.48 bits per heavy atom. The Balaban J connectivity index is 2.18. The lowest BCUT2D eigenvalue weighted by Crippen LogP contribution is -2.42. The molecule has 4 heteroatoms. The van der Waals surface area contributed by atoms with Gasteiger partial charge in [-0.05, 0) is 50.9 Å². The Bertz CT molecular complexity index is 788. The Labute approximate surface area is 175 Å². The first-order chi connectivity index (χ1) is 13.6. The van der Waals surface area contributed by atoms with Crippen molar-refractivity contribution in [2.45, 2.75) is 66.8 Å². The Morgan fingerprint density at radius 2 is 1.93 bits per heavy atom. The molecule has 3 rings (SSSR count).